The average Bonchev–Trinajstić information content (AvgIpc) is 2.89. The van der Waals surface area contributed by atoms with Crippen LogP contribution in [0.1, 0.15) is 0 Å². The number of nitrogen functional groups attached to an aromatic ring is 1. The largest absolute Gasteiger partial charge is 0.397 e. The van der Waals surface area contributed by atoms with Crippen molar-refractivity contribution >= 4 is 43.4 Å². The number of nitrogens with two attached hydrogens (primary N) is 1. The third-order valence-electron chi connectivity index (χ3n) is 3.88. The fourth-order valence-corrected chi connectivity index (χ4v) is 3.24. The fourth-order valence-electron chi connectivity index (χ4n) is 2.87. The summed E-state index contributed by atoms with van der Waals surface area (Å²) in [6, 6.07) is 20.7. The number of fused-ring (bicyclic) bond motifs is 3. The number of H-pyrrole nitrogens is 1. The van der Waals surface area contributed by atoms with Gasteiger partial charge in [-0.2, -0.15) is 0 Å². The minimum Gasteiger partial charge on any atom is -0.397 e. The Bertz CT molecular complexity index is 969. The lowest BCUT2D eigenvalue weighted by Gasteiger charge is -2.08. The van der Waals surface area contributed by atoms with E-state index in [9.17, 15) is 0 Å². The molecule has 1 aromatic heterocycles. The van der Waals surface area contributed by atoms with Crippen molar-refractivity contribution in [1.82, 2.24) is 4.98 Å². The lowest BCUT2D eigenvalue weighted by atomic mass is 10.0. The van der Waals surface area contributed by atoms with Gasteiger partial charge in [-0.1, -0.05) is 48.5 Å². The van der Waals surface area contributed by atoms with Crippen LogP contribution >= 0.6 is 15.9 Å². The minimum absolute atomic E-state index is 0.767. The van der Waals surface area contributed by atoms with Crippen LogP contribution in [0.2, 0.25) is 0 Å². The van der Waals surface area contributed by atoms with Crippen LogP contribution in [-0.2, 0) is 0 Å². The number of aromatic amines is 1. The van der Waals surface area contributed by atoms with Gasteiger partial charge < -0.3 is 10.7 Å². The third kappa shape index (κ3) is 1.85. The first-order valence-electron chi connectivity index (χ1n) is 6.79. The summed E-state index contributed by atoms with van der Waals surface area (Å²) in [5, 5.41) is 2.46. The van der Waals surface area contributed by atoms with Crippen LogP contribution < -0.4 is 5.73 Å². The topological polar surface area (TPSA) is 41.8 Å². The molecule has 0 atom stereocenters. The Morgan fingerprint density at radius 3 is 2.38 bits per heavy atom. The Kier molecular flexibility index (Phi) is 2.76. The predicted molar refractivity (Wildman–Crippen MR) is 93.4 cm³/mol. The van der Waals surface area contributed by atoms with Crippen LogP contribution in [0.3, 0.4) is 0 Å². The molecule has 21 heavy (non-hydrogen) atoms. The highest BCUT2D eigenvalue weighted by Gasteiger charge is 2.12. The molecule has 0 amide bonds. The van der Waals surface area contributed by atoms with E-state index in [0.717, 1.165) is 32.3 Å². The van der Waals surface area contributed by atoms with Gasteiger partial charge in [0, 0.05) is 31.9 Å². The van der Waals surface area contributed by atoms with Gasteiger partial charge in [-0.3, -0.25) is 0 Å². The number of rotatable bonds is 1. The molecule has 0 aliphatic rings. The van der Waals surface area contributed by atoms with Crippen LogP contribution in [0.4, 0.5) is 5.69 Å². The summed E-state index contributed by atoms with van der Waals surface area (Å²) in [5.41, 5.74) is 11.5. The van der Waals surface area contributed by atoms with Gasteiger partial charge in [-0.05, 0) is 28.1 Å². The van der Waals surface area contributed by atoms with E-state index in [0.29, 0.717) is 0 Å². The summed E-state index contributed by atoms with van der Waals surface area (Å²) >= 11 is 3.51. The van der Waals surface area contributed by atoms with Crippen LogP contribution in [-0.4, -0.2) is 4.98 Å². The molecule has 0 saturated carbocycles. The lowest BCUT2D eigenvalue weighted by Crippen LogP contribution is -1.91. The average molecular weight is 337 g/mol. The number of aromatic nitrogens is 1. The van der Waals surface area contributed by atoms with Crippen molar-refractivity contribution in [3.63, 3.8) is 0 Å². The molecule has 0 fully saturated rings. The first-order chi connectivity index (χ1) is 10.3. The summed E-state index contributed by atoms with van der Waals surface area (Å²) in [5.74, 6) is 0. The Morgan fingerprint density at radius 1 is 0.762 bits per heavy atom. The third-order valence-corrected chi connectivity index (χ3v) is 4.58. The maximum atomic E-state index is 6.24. The highest BCUT2D eigenvalue weighted by Crippen LogP contribution is 2.37. The van der Waals surface area contributed by atoms with Gasteiger partial charge in [0.1, 0.15) is 0 Å². The zero-order valence-corrected chi connectivity index (χ0v) is 12.8. The van der Waals surface area contributed by atoms with Gasteiger partial charge >= 0.3 is 0 Å². The molecule has 0 radical (unpaired) electrons. The van der Waals surface area contributed by atoms with E-state index in [-0.39, 0.29) is 0 Å². The molecule has 0 aliphatic heterocycles. The van der Waals surface area contributed by atoms with E-state index in [2.05, 4.69) is 63.4 Å². The van der Waals surface area contributed by atoms with E-state index in [1.165, 1.54) is 10.8 Å². The molecule has 2 nitrogen and oxygen atoms in total. The molecular weight excluding hydrogens is 324 g/mol. The maximum Gasteiger partial charge on any atom is 0.0545 e. The van der Waals surface area contributed by atoms with Gasteiger partial charge in [-0.15, -0.1) is 0 Å². The minimum atomic E-state index is 0.767. The quantitative estimate of drug-likeness (QED) is 0.453. The van der Waals surface area contributed by atoms with E-state index < -0.39 is 0 Å². The molecule has 3 aromatic carbocycles. The zero-order chi connectivity index (χ0) is 14.4. The van der Waals surface area contributed by atoms with E-state index in [1.54, 1.807) is 0 Å². The Labute approximate surface area is 130 Å². The first-order valence-corrected chi connectivity index (χ1v) is 7.59. The molecule has 3 heteroatoms. The van der Waals surface area contributed by atoms with Gasteiger partial charge in [0.15, 0.2) is 0 Å². The number of benzene rings is 3. The molecule has 3 N–H and O–H groups in total. The second-order valence-electron chi connectivity index (χ2n) is 5.10. The van der Waals surface area contributed by atoms with E-state index in [1.807, 2.05) is 18.2 Å². The molecule has 1 heterocycles. The van der Waals surface area contributed by atoms with Crippen LogP contribution in [0.25, 0.3) is 32.9 Å². The SMILES string of the molecule is Nc1c(Br)cccc1-c1cccc2c1[nH]c1ccccc12. The summed E-state index contributed by atoms with van der Waals surface area (Å²) in [7, 11) is 0. The molecular formula is C18H13BrN2. The molecule has 4 aromatic rings. The zero-order valence-electron chi connectivity index (χ0n) is 11.2. The molecule has 0 spiro atoms. The summed E-state index contributed by atoms with van der Waals surface area (Å²) < 4.78 is 0.924. The molecule has 4 rings (SSSR count). The summed E-state index contributed by atoms with van der Waals surface area (Å²) in [6.07, 6.45) is 0. The number of hydrogen-bond donors (Lipinski definition) is 2. The fraction of sp³-hybridized carbons (Fsp3) is 0. The van der Waals surface area contributed by atoms with Gasteiger partial charge in [-0.25, -0.2) is 0 Å². The van der Waals surface area contributed by atoms with E-state index in [4.69, 9.17) is 5.73 Å². The molecule has 0 saturated heterocycles. The van der Waals surface area contributed by atoms with Gasteiger partial charge in [0.2, 0.25) is 0 Å². The summed E-state index contributed by atoms with van der Waals surface area (Å²) in [4.78, 5) is 3.52. The van der Waals surface area contributed by atoms with E-state index >= 15 is 0 Å². The standard InChI is InChI=1S/C18H13BrN2/c19-15-9-4-6-12(17(15)20)14-8-3-7-13-11-5-1-2-10-16(11)21-18(13)14/h1-10,21H,20H2. The second kappa shape index (κ2) is 4.64. The van der Waals surface area contributed by atoms with Crippen molar-refractivity contribution in [2.24, 2.45) is 0 Å². The second-order valence-corrected chi connectivity index (χ2v) is 5.95. The van der Waals surface area contributed by atoms with Gasteiger partial charge in [0.05, 0.1) is 11.2 Å². The monoisotopic (exact) mass is 336 g/mol. The normalized spacial score (nSPS) is 11.3. The molecule has 0 aliphatic carbocycles. The van der Waals surface area contributed by atoms with Gasteiger partial charge in [0.25, 0.3) is 0 Å². The van der Waals surface area contributed by atoms with Crippen molar-refractivity contribution in [3.8, 4) is 11.1 Å². The van der Waals surface area contributed by atoms with Crippen LogP contribution in [0.15, 0.2) is 65.1 Å². The lowest BCUT2D eigenvalue weighted by molar-refractivity contribution is 1.53. The number of para-hydroxylation sites is 3. The predicted octanol–water partition coefficient (Wildman–Crippen LogP) is 5.33. The Balaban J connectivity index is 2.12. The molecule has 102 valence electrons. The Morgan fingerprint density at radius 2 is 1.48 bits per heavy atom. The van der Waals surface area contributed by atoms with Crippen molar-refractivity contribution in [3.05, 3.63) is 65.1 Å². The number of halogens is 1. The smallest absolute Gasteiger partial charge is 0.0545 e. The molecule has 0 unspecified atom stereocenters. The maximum absolute atomic E-state index is 6.24. The van der Waals surface area contributed by atoms with Crippen LogP contribution in [0, 0.1) is 0 Å². The van der Waals surface area contributed by atoms with Crippen molar-refractivity contribution in [2.45, 2.75) is 0 Å². The number of anilines is 1. The first kappa shape index (κ1) is 12.5. The highest BCUT2D eigenvalue weighted by molar-refractivity contribution is 9.10. The molecule has 0 bridgehead atoms. The number of nitrogens with one attached hydrogen (secondary N) is 1. The van der Waals surface area contributed by atoms with Crippen LogP contribution in [0.5, 0.6) is 0 Å². The van der Waals surface area contributed by atoms with Crippen molar-refractivity contribution < 1.29 is 0 Å². The highest BCUT2D eigenvalue weighted by atomic mass is 79.9. The van der Waals surface area contributed by atoms with Crippen molar-refractivity contribution in [1.29, 1.82) is 0 Å². The summed E-state index contributed by atoms with van der Waals surface area (Å²) in [6.45, 7) is 0. The Hall–Kier alpha value is -2.26. The number of hydrogen-bond acceptors (Lipinski definition) is 1. The van der Waals surface area contributed by atoms with Crippen molar-refractivity contribution in [2.75, 3.05) is 5.73 Å².